The summed E-state index contributed by atoms with van der Waals surface area (Å²) in [4.78, 5) is 17.2. The summed E-state index contributed by atoms with van der Waals surface area (Å²) in [5.41, 5.74) is 0.380. The molecule has 1 aliphatic heterocycles. The third kappa shape index (κ3) is 6.64. The summed E-state index contributed by atoms with van der Waals surface area (Å²) in [5, 5.41) is 3.27. The number of hydrogen-bond acceptors (Lipinski definition) is 5. The van der Waals surface area contributed by atoms with Gasteiger partial charge in [-0.25, -0.2) is 8.42 Å². The Kier molecular flexibility index (Phi) is 7.91. The molecule has 0 aromatic heterocycles. The van der Waals surface area contributed by atoms with E-state index in [-0.39, 0.29) is 5.91 Å². The summed E-state index contributed by atoms with van der Waals surface area (Å²) in [5.74, 6) is -0.321. The molecule has 1 aliphatic rings. The Morgan fingerprint density at radius 1 is 1.30 bits per heavy atom. The van der Waals surface area contributed by atoms with Crippen molar-refractivity contribution in [3.63, 3.8) is 0 Å². The van der Waals surface area contributed by atoms with Crippen molar-refractivity contribution in [1.82, 2.24) is 15.1 Å². The Morgan fingerprint density at radius 2 is 1.96 bits per heavy atom. The molecule has 0 unspecified atom stereocenters. The van der Waals surface area contributed by atoms with Gasteiger partial charge in [0.15, 0.2) is 0 Å². The van der Waals surface area contributed by atoms with Gasteiger partial charge in [0.1, 0.15) is 6.04 Å². The van der Waals surface area contributed by atoms with E-state index in [2.05, 4.69) is 22.2 Å². The van der Waals surface area contributed by atoms with Gasteiger partial charge in [-0.3, -0.25) is 9.10 Å². The zero-order valence-electron chi connectivity index (χ0n) is 16.2. The van der Waals surface area contributed by atoms with Gasteiger partial charge in [0.05, 0.1) is 11.9 Å². The fraction of sp³-hybridized carbons (Fsp3) is 0.611. The molecular weight excluding hydrogens is 388 g/mol. The zero-order chi connectivity index (χ0) is 20.0. The van der Waals surface area contributed by atoms with Crippen molar-refractivity contribution in [2.75, 3.05) is 56.9 Å². The van der Waals surface area contributed by atoms with Crippen LogP contribution in [0.2, 0.25) is 5.02 Å². The second-order valence-corrected chi connectivity index (χ2v) is 9.30. The average molecular weight is 417 g/mol. The van der Waals surface area contributed by atoms with Crippen molar-refractivity contribution in [3.8, 4) is 0 Å². The van der Waals surface area contributed by atoms with Crippen molar-refractivity contribution >= 4 is 33.2 Å². The third-order valence-corrected chi connectivity index (χ3v) is 6.17. The number of nitrogens with one attached hydrogen (secondary N) is 1. The smallest absolute Gasteiger partial charge is 0.243 e. The maximum atomic E-state index is 12.5. The van der Waals surface area contributed by atoms with E-state index in [1.165, 1.54) is 0 Å². The van der Waals surface area contributed by atoms with E-state index < -0.39 is 16.1 Å². The number of piperazine rings is 1. The Hall–Kier alpha value is -1.35. The van der Waals surface area contributed by atoms with Gasteiger partial charge in [0, 0.05) is 37.7 Å². The lowest BCUT2D eigenvalue weighted by Crippen LogP contribution is -2.48. The van der Waals surface area contributed by atoms with E-state index in [0.29, 0.717) is 17.3 Å². The molecule has 9 heteroatoms. The Balaban J connectivity index is 1.89. The molecule has 152 valence electrons. The van der Waals surface area contributed by atoms with Crippen LogP contribution in [0.4, 0.5) is 5.69 Å². The lowest BCUT2D eigenvalue weighted by atomic mass is 10.2. The van der Waals surface area contributed by atoms with Crippen LogP contribution in [-0.4, -0.2) is 82.7 Å². The van der Waals surface area contributed by atoms with Crippen LogP contribution in [0, 0.1) is 0 Å². The van der Waals surface area contributed by atoms with Crippen LogP contribution in [0.25, 0.3) is 0 Å². The van der Waals surface area contributed by atoms with E-state index in [1.54, 1.807) is 31.2 Å². The molecule has 0 radical (unpaired) electrons. The number of nitrogens with zero attached hydrogens (tertiary/aromatic N) is 3. The molecule has 1 aromatic carbocycles. The zero-order valence-corrected chi connectivity index (χ0v) is 17.8. The number of carbonyl (C=O) groups is 1. The number of benzene rings is 1. The standard InChI is InChI=1S/C18H29ClN4O3S/c1-15(23(27(3,25)26)17-7-4-6-16(19)14-17)18(24)20-8-5-9-22-12-10-21(2)11-13-22/h4,6-7,14-15H,5,8-13H2,1-3H3,(H,20,24)/t15-/m0/s1. The van der Waals surface area contributed by atoms with Gasteiger partial charge in [0.25, 0.3) is 0 Å². The summed E-state index contributed by atoms with van der Waals surface area (Å²) in [6.45, 7) is 7.22. The Morgan fingerprint density at radius 3 is 2.56 bits per heavy atom. The van der Waals surface area contributed by atoms with Gasteiger partial charge in [0.2, 0.25) is 15.9 Å². The SMILES string of the molecule is C[C@@H](C(=O)NCCCN1CCN(C)CC1)N(c1cccc(Cl)c1)S(C)(=O)=O. The minimum absolute atomic E-state index is 0.321. The van der Waals surface area contributed by atoms with Crippen LogP contribution in [0.3, 0.4) is 0 Å². The second kappa shape index (κ2) is 9.73. The number of hydrogen-bond donors (Lipinski definition) is 1. The highest BCUT2D eigenvalue weighted by Crippen LogP contribution is 2.24. The monoisotopic (exact) mass is 416 g/mol. The third-order valence-electron chi connectivity index (χ3n) is 4.70. The number of likely N-dealkylation sites (N-methyl/N-ethyl adjacent to an activating group) is 1. The van der Waals surface area contributed by atoms with Gasteiger partial charge < -0.3 is 15.1 Å². The number of amides is 1. The molecule has 27 heavy (non-hydrogen) atoms. The molecule has 1 amide bonds. The van der Waals surface area contributed by atoms with E-state index in [9.17, 15) is 13.2 Å². The number of sulfonamides is 1. The molecule has 1 aromatic rings. The highest BCUT2D eigenvalue weighted by molar-refractivity contribution is 7.92. The van der Waals surface area contributed by atoms with Crippen molar-refractivity contribution in [2.24, 2.45) is 0 Å². The number of carbonyl (C=O) groups excluding carboxylic acids is 1. The average Bonchev–Trinajstić information content (AvgIpc) is 2.59. The molecule has 1 heterocycles. The topological polar surface area (TPSA) is 73.0 Å². The van der Waals surface area contributed by atoms with E-state index >= 15 is 0 Å². The lowest BCUT2D eigenvalue weighted by molar-refractivity contribution is -0.121. The van der Waals surface area contributed by atoms with Gasteiger partial charge in [-0.2, -0.15) is 0 Å². The molecule has 1 fully saturated rings. The second-order valence-electron chi connectivity index (χ2n) is 7.00. The van der Waals surface area contributed by atoms with Crippen molar-refractivity contribution in [1.29, 1.82) is 0 Å². The molecule has 7 nitrogen and oxygen atoms in total. The molecular formula is C18H29ClN4O3S. The predicted octanol–water partition coefficient (Wildman–Crippen LogP) is 1.25. The fourth-order valence-corrected chi connectivity index (χ4v) is 4.51. The van der Waals surface area contributed by atoms with Crippen molar-refractivity contribution in [3.05, 3.63) is 29.3 Å². The summed E-state index contributed by atoms with van der Waals surface area (Å²) in [6, 6.07) is 5.64. The van der Waals surface area contributed by atoms with Crippen LogP contribution < -0.4 is 9.62 Å². The maximum Gasteiger partial charge on any atom is 0.243 e. The van der Waals surface area contributed by atoms with Crippen molar-refractivity contribution < 1.29 is 13.2 Å². The number of halogens is 1. The summed E-state index contributed by atoms with van der Waals surface area (Å²) >= 11 is 5.98. The first-order valence-corrected chi connectivity index (χ1v) is 11.3. The van der Waals surface area contributed by atoms with Crippen LogP contribution >= 0.6 is 11.6 Å². The number of rotatable bonds is 8. The quantitative estimate of drug-likeness (QED) is 0.645. The molecule has 1 saturated heterocycles. The molecule has 1 atom stereocenters. The van der Waals surface area contributed by atoms with E-state index in [1.807, 2.05) is 0 Å². The highest BCUT2D eigenvalue weighted by atomic mass is 35.5. The van der Waals surface area contributed by atoms with Crippen LogP contribution in [0.15, 0.2) is 24.3 Å². The van der Waals surface area contributed by atoms with Crippen LogP contribution in [0.1, 0.15) is 13.3 Å². The maximum absolute atomic E-state index is 12.5. The summed E-state index contributed by atoms with van der Waals surface area (Å²) < 4.78 is 25.6. The Bertz CT molecular complexity index is 736. The predicted molar refractivity (Wildman–Crippen MR) is 110 cm³/mol. The minimum atomic E-state index is -3.63. The largest absolute Gasteiger partial charge is 0.354 e. The lowest BCUT2D eigenvalue weighted by Gasteiger charge is -2.32. The summed E-state index contributed by atoms with van der Waals surface area (Å²) in [7, 11) is -1.51. The first-order valence-electron chi connectivity index (χ1n) is 9.12. The fourth-order valence-electron chi connectivity index (χ4n) is 3.16. The number of anilines is 1. The van der Waals surface area contributed by atoms with Crippen molar-refractivity contribution in [2.45, 2.75) is 19.4 Å². The van der Waals surface area contributed by atoms with E-state index in [0.717, 1.165) is 49.7 Å². The Labute approximate surface area is 167 Å². The highest BCUT2D eigenvalue weighted by Gasteiger charge is 2.29. The van der Waals surface area contributed by atoms with E-state index in [4.69, 9.17) is 11.6 Å². The van der Waals surface area contributed by atoms with Crippen LogP contribution in [0.5, 0.6) is 0 Å². The van der Waals surface area contributed by atoms with Crippen LogP contribution in [-0.2, 0) is 14.8 Å². The molecule has 0 saturated carbocycles. The molecule has 0 aliphatic carbocycles. The van der Waals surface area contributed by atoms with Gasteiger partial charge >= 0.3 is 0 Å². The first kappa shape index (κ1) is 21.9. The molecule has 2 rings (SSSR count). The first-order chi connectivity index (χ1) is 12.7. The van der Waals surface area contributed by atoms with Gasteiger partial charge in [-0.15, -0.1) is 0 Å². The summed E-state index contributed by atoms with van der Waals surface area (Å²) in [6.07, 6.45) is 1.92. The minimum Gasteiger partial charge on any atom is -0.354 e. The molecule has 0 bridgehead atoms. The molecule has 0 spiro atoms. The van der Waals surface area contributed by atoms with Gasteiger partial charge in [-0.05, 0) is 45.1 Å². The van der Waals surface area contributed by atoms with Gasteiger partial charge in [-0.1, -0.05) is 17.7 Å². The normalized spacial score (nSPS) is 17.5. The molecule has 1 N–H and O–H groups in total.